The van der Waals surface area contributed by atoms with Gasteiger partial charge in [0.2, 0.25) is 9.84 Å². The highest BCUT2D eigenvalue weighted by Crippen LogP contribution is 2.26. The van der Waals surface area contributed by atoms with E-state index in [-0.39, 0.29) is 10.5 Å². The minimum absolute atomic E-state index is 0.0140. The molecule has 7 nitrogen and oxygen atoms in total. The number of nitrogens with zero attached hydrogens (tertiary/aromatic N) is 4. The van der Waals surface area contributed by atoms with Gasteiger partial charge >= 0.3 is 0 Å². The third-order valence-corrected chi connectivity index (χ3v) is 7.41. The predicted molar refractivity (Wildman–Crippen MR) is 124 cm³/mol. The van der Waals surface area contributed by atoms with Crippen molar-refractivity contribution in [2.75, 3.05) is 18.0 Å². The Bertz CT molecular complexity index is 1410. The third-order valence-electron chi connectivity index (χ3n) is 5.73. The second kappa shape index (κ2) is 8.60. The van der Waals surface area contributed by atoms with Crippen molar-refractivity contribution in [3.8, 4) is 6.07 Å². The molecule has 0 saturated carbocycles. The molecule has 32 heavy (non-hydrogen) atoms. The van der Waals surface area contributed by atoms with E-state index in [0.29, 0.717) is 11.5 Å². The zero-order valence-electron chi connectivity index (χ0n) is 18.1. The molecule has 1 saturated heterocycles. The smallest absolute Gasteiger partial charge is 0.267 e. The van der Waals surface area contributed by atoms with Gasteiger partial charge in [-0.1, -0.05) is 23.8 Å². The molecule has 3 aromatic rings. The lowest BCUT2D eigenvalue weighted by molar-refractivity contribution is 0.573. The molecule has 0 radical (unpaired) electrons. The van der Waals surface area contributed by atoms with Gasteiger partial charge in [0, 0.05) is 19.3 Å². The number of sulfone groups is 1. The topological polar surface area (TPSA) is 95.5 Å². The first-order valence-corrected chi connectivity index (χ1v) is 12.0. The Labute approximate surface area is 187 Å². The molecule has 2 aromatic heterocycles. The quantitative estimate of drug-likeness (QED) is 0.566. The Kier molecular flexibility index (Phi) is 5.85. The molecule has 164 valence electrons. The van der Waals surface area contributed by atoms with Gasteiger partial charge in [-0.3, -0.25) is 9.20 Å². The molecule has 0 unspecified atom stereocenters. The van der Waals surface area contributed by atoms with Crippen molar-refractivity contribution in [1.82, 2.24) is 9.38 Å². The number of aryl methyl sites for hydroxylation is 2. The summed E-state index contributed by atoms with van der Waals surface area (Å²) in [5, 5.41) is 9.75. The molecule has 0 amide bonds. The van der Waals surface area contributed by atoms with Crippen LogP contribution in [0.3, 0.4) is 0 Å². The highest BCUT2D eigenvalue weighted by molar-refractivity contribution is 7.95. The number of hydrogen-bond donors (Lipinski definition) is 0. The van der Waals surface area contributed by atoms with E-state index in [1.165, 1.54) is 22.6 Å². The summed E-state index contributed by atoms with van der Waals surface area (Å²) >= 11 is 0. The van der Waals surface area contributed by atoms with Gasteiger partial charge in [0.1, 0.15) is 22.4 Å². The summed E-state index contributed by atoms with van der Waals surface area (Å²) in [6.45, 7) is 5.18. The van der Waals surface area contributed by atoms with Gasteiger partial charge in [-0.25, -0.2) is 13.4 Å². The van der Waals surface area contributed by atoms with E-state index in [9.17, 15) is 18.5 Å². The standard InChI is InChI=1S/C24H24N4O3S/c1-17-8-10-19(11-9-17)32(30,31)20(16-25)15-21-23(27-12-4-3-5-13-27)26-22-18(2)7-6-14-28(22)24(21)29/h6-11,14-15H,3-5,12-13H2,1-2H3. The second-order valence-corrected chi connectivity index (χ2v) is 9.94. The fraction of sp³-hybridized carbons (Fsp3) is 0.292. The van der Waals surface area contributed by atoms with Gasteiger partial charge in [0.25, 0.3) is 5.56 Å². The predicted octanol–water partition coefficient (Wildman–Crippen LogP) is 3.64. The molecule has 0 N–H and O–H groups in total. The monoisotopic (exact) mass is 448 g/mol. The Morgan fingerprint density at radius 2 is 1.78 bits per heavy atom. The average Bonchev–Trinajstić information content (AvgIpc) is 2.79. The van der Waals surface area contributed by atoms with Crippen LogP contribution in [0, 0.1) is 25.2 Å². The number of anilines is 1. The molecule has 1 aliphatic rings. The molecular weight excluding hydrogens is 424 g/mol. The van der Waals surface area contributed by atoms with Gasteiger partial charge in [-0.15, -0.1) is 0 Å². The van der Waals surface area contributed by atoms with Crippen molar-refractivity contribution in [3.05, 3.63) is 74.5 Å². The van der Waals surface area contributed by atoms with E-state index in [1.807, 2.05) is 24.8 Å². The normalized spacial score (nSPS) is 15.0. The molecule has 4 rings (SSSR count). The van der Waals surface area contributed by atoms with Crippen LogP contribution < -0.4 is 10.5 Å². The summed E-state index contributed by atoms with van der Waals surface area (Å²) < 4.78 is 27.7. The van der Waals surface area contributed by atoms with Crippen LogP contribution in [0.15, 0.2) is 57.2 Å². The molecule has 1 aliphatic heterocycles. The SMILES string of the molecule is Cc1ccc(S(=O)(=O)C(C#N)=Cc2c(N3CCCCC3)nc3c(C)cccn3c2=O)cc1. The van der Waals surface area contributed by atoms with Crippen LogP contribution >= 0.6 is 0 Å². The molecule has 0 atom stereocenters. The van der Waals surface area contributed by atoms with E-state index >= 15 is 0 Å². The molecule has 1 aromatic carbocycles. The lowest BCUT2D eigenvalue weighted by atomic mass is 10.1. The number of rotatable bonds is 4. The van der Waals surface area contributed by atoms with Gasteiger partial charge < -0.3 is 4.90 Å². The minimum atomic E-state index is -4.09. The summed E-state index contributed by atoms with van der Waals surface area (Å²) in [6, 6.07) is 11.7. The zero-order valence-corrected chi connectivity index (χ0v) is 18.9. The van der Waals surface area contributed by atoms with Crippen LogP contribution in [0.5, 0.6) is 0 Å². The fourth-order valence-electron chi connectivity index (χ4n) is 3.92. The Morgan fingerprint density at radius 3 is 2.44 bits per heavy atom. The Morgan fingerprint density at radius 1 is 1.09 bits per heavy atom. The first-order chi connectivity index (χ1) is 15.3. The van der Waals surface area contributed by atoms with E-state index in [0.717, 1.165) is 43.5 Å². The lowest BCUT2D eigenvalue weighted by Crippen LogP contribution is -2.33. The van der Waals surface area contributed by atoms with E-state index in [2.05, 4.69) is 0 Å². The average molecular weight is 449 g/mol. The van der Waals surface area contributed by atoms with Crippen molar-refractivity contribution >= 4 is 27.4 Å². The highest BCUT2D eigenvalue weighted by Gasteiger charge is 2.25. The van der Waals surface area contributed by atoms with Crippen LogP contribution in [-0.4, -0.2) is 30.9 Å². The van der Waals surface area contributed by atoms with Crippen LogP contribution in [0.2, 0.25) is 0 Å². The van der Waals surface area contributed by atoms with Crippen molar-refractivity contribution < 1.29 is 8.42 Å². The molecule has 0 aliphatic carbocycles. The largest absolute Gasteiger partial charge is 0.356 e. The zero-order chi connectivity index (χ0) is 22.9. The fourth-order valence-corrected chi connectivity index (χ4v) is 5.06. The van der Waals surface area contributed by atoms with Crippen molar-refractivity contribution in [1.29, 1.82) is 5.26 Å². The number of benzene rings is 1. The lowest BCUT2D eigenvalue weighted by Gasteiger charge is -2.29. The number of allylic oxidation sites excluding steroid dienone is 1. The molecule has 0 bridgehead atoms. The van der Waals surface area contributed by atoms with E-state index in [1.54, 1.807) is 30.5 Å². The van der Waals surface area contributed by atoms with Gasteiger partial charge in [-0.2, -0.15) is 5.26 Å². The van der Waals surface area contributed by atoms with Gasteiger partial charge in [0.15, 0.2) is 0 Å². The second-order valence-electron chi connectivity index (χ2n) is 8.02. The van der Waals surface area contributed by atoms with Crippen LogP contribution in [0.4, 0.5) is 5.82 Å². The summed E-state index contributed by atoms with van der Waals surface area (Å²) in [4.78, 5) is 19.7. The molecule has 8 heteroatoms. The maximum Gasteiger partial charge on any atom is 0.267 e. The third kappa shape index (κ3) is 3.92. The van der Waals surface area contributed by atoms with Crippen LogP contribution in [-0.2, 0) is 9.84 Å². The summed E-state index contributed by atoms with van der Waals surface area (Å²) in [5.74, 6) is 0.427. The molecule has 3 heterocycles. The number of hydrogen-bond acceptors (Lipinski definition) is 6. The minimum Gasteiger partial charge on any atom is -0.356 e. The van der Waals surface area contributed by atoms with Gasteiger partial charge in [-0.05, 0) is 62.9 Å². The summed E-state index contributed by atoms with van der Waals surface area (Å²) in [7, 11) is -4.09. The highest BCUT2D eigenvalue weighted by atomic mass is 32.2. The van der Waals surface area contributed by atoms with Crippen molar-refractivity contribution in [2.24, 2.45) is 0 Å². The van der Waals surface area contributed by atoms with Crippen LogP contribution in [0.1, 0.15) is 36.0 Å². The first-order valence-electron chi connectivity index (χ1n) is 10.5. The van der Waals surface area contributed by atoms with Crippen LogP contribution in [0.25, 0.3) is 11.7 Å². The van der Waals surface area contributed by atoms with E-state index in [4.69, 9.17) is 4.98 Å². The summed E-state index contributed by atoms with van der Waals surface area (Å²) in [5.41, 5.74) is 1.99. The van der Waals surface area contributed by atoms with Gasteiger partial charge in [0.05, 0.1) is 10.5 Å². The van der Waals surface area contributed by atoms with Crippen molar-refractivity contribution in [3.63, 3.8) is 0 Å². The molecule has 0 spiro atoms. The Hall–Kier alpha value is -3.44. The number of aromatic nitrogens is 2. The maximum atomic E-state index is 13.5. The number of pyridine rings is 1. The number of piperidine rings is 1. The summed E-state index contributed by atoms with van der Waals surface area (Å²) in [6.07, 6.45) is 5.81. The first kappa shape index (κ1) is 21.8. The molecular formula is C24H24N4O3S. The van der Waals surface area contributed by atoms with E-state index < -0.39 is 20.3 Å². The number of fused-ring (bicyclic) bond motifs is 1. The molecule has 1 fully saturated rings. The maximum absolute atomic E-state index is 13.5. The Balaban J connectivity index is 1.96. The number of nitriles is 1. The van der Waals surface area contributed by atoms with Crippen molar-refractivity contribution in [2.45, 2.75) is 38.0 Å².